The summed E-state index contributed by atoms with van der Waals surface area (Å²) in [5.41, 5.74) is 0. The van der Waals surface area contributed by atoms with Crippen LogP contribution in [-0.2, 0) is 4.74 Å². The molecule has 2 atom stereocenters. The number of likely N-dealkylation sites (tertiary alicyclic amines) is 1. The zero-order chi connectivity index (χ0) is 12.4. The Kier molecular flexibility index (Phi) is 3.89. The summed E-state index contributed by atoms with van der Waals surface area (Å²) in [6.45, 7) is 6.66. The van der Waals surface area contributed by atoms with Gasteiger partial charge in [0.1, 0.15) is 6.61 Å². The molecule has 5 nitrogen and oxygen atoms in total. The molecule has 0 aromatic carbocycles. The van der Waals surface area contributed by atoms with E-state index in [1.165, 1.54) is 0 Å². The summed E-state index contributed by atoms with van der Waals surface area (Å²) in [5.74, 6) is 0. The third-order valence-electron chi connectivity index (χ3n) is 3.77. The molecule has 2 saturated heterocycles. The highest BCUT2D eigenvalue weighted by Gasteiger charge is 2.39. The van der Waals surface area contributed by atoms with Gasteiger partial charge in [-0.3, -0.25) is 9.80 Å². The van der Waals surface area contributed by atoms with Crippen LogP contribution < -0.4 is 0 Å². The molecule has 0 spiro atoms. The Balaban J connectivity index is 2.03. The van der Waals surface area contributed by atoms with Crippen LogP contribution in [0.5, 0.6) is 0 Å². The van der Waals surface area contributed by atoms with Gasteiger partial charge in [-0.1, -0.05) is 0 Å². The number of carbonyl (C=O) groups is 1. The molecule has 0 aliphatic carbocycles. The van der Waals surface area contributed by atoms with E-state index >= 15 is 0 Å². The Labute approximate surface area is 102 Å². The number of piperidine rings is 1. The SMILES string of the molecule is CC(C)N1CCCC(N2C(=O)OCC2CO)C1. The van der Waals surface area contributed by atoms with E-state index in [0.29, 0.717) is 12.6 Å². The molecule has 1 amide bonds. The second kappa shape index (κ2) is 5.23. The van der Waals surface area contributed by atoms with Crippen LogP contribution in [0.1, 0.15) is 26.7 Å². The summed E-state index contributed by atoms with van der Waals surface area (Å²) >= 11 is 0. The van der Waals surface area contributed by atoms with Gasteiger partial charge in [-0.05, 0) is 33.2 Å². The number of aliphatic hydroxyl groups is 1. The van der Waals surface area contributed by atoms with Gasteiger partial charge in [-0.25, -0.2) is 4.79 Å². The minimum absolute atomic E-state index is 0.0100. The van der Waals surface area contributed by atoms with Gasteiger partial charge < -0.3 is 9.84 Å². The van der Waals surface area contributed by atoms with Crippen LogP contribution >= 0.6 is 0 Å². The fraction of sp³-hybridized carbons (Fsp3) is 0.917. The predicted molar refractivity (Wildman–Crippen MR) is 63.8 cm³/mol. The lowest BCUT2D eigenvalue weighted by molar-refractivity contribution is 0.0711. The predicted octanol–water partition coefficient (Wildman–Crippen LogP) is 0.672. The van der Waals surface area contributed by atoms with Crippen molar-refractivity contribution in [2.75, 3.05) is 26.3 Å². The molecule has 0 radical (unpaired) electrons. The molecule has 2 unspecified atom stereocenters. The lowest BCUT2D eigenvalue weighted by Crippen LogP contribution is -2.53. The normalized spacial score (nSPS) is 31.1. The van der Waals surface area contributed by atoms with Gasteiger partial charge in [-0.2, -0.15) is 0 Å². The monoisotopic (exact) mass is 242 g/mol. The number of hydrogen-bond acceptors (Lipinski definition) is 4. The second-order valence-electron chi connectivity index (χ2n) is 5.21. The van der Waals surface area contributed by atoms with E-state index in [2.05, 4.69) is 18.7 Å². The summed E-state index contributed by atoms with van der Waals surface area (Å²) < 4.78 is 5.03. The highest BCUT2D eigenvalue weighted by molar-refractivity contribution is 5.70. The zero-order valence-electron chi connectivity index (χ0n) is 10.6. The van der Waals surface area contributed by atoms with E-state index in [4.69, 9.17) is 4.74 Å². The van der Waals surface area contributed by atoms with Gasteiger partial charge in [0.2, 0.25) is 0 Å². The first-order chi connectivity index (χ1) is 8.13. The van der Waals surface area contributed by atoms with Crippen LogP contribution in [0.15, 0.2) is 0 Å². The van der Waals surface area contributed by atoms with Crippen molar-refractivity contribution in [1.29, 1.82) is 0 Å². The Morgan fingerprint density at radius 2 is 2.29 bits per heavy atom. The second-order valence-corrected chi connectivity index (χ2v) is 5.21. The number of cyclic esters (lactones) is 1. The third kappa shape index (κ3) is 2.55. The molecule has 2 aliphatic heterocycles. The molecular weight excluding hydrogens is 220 g/mol. The highest BCUT2D eigenvalue weighted by Crippen LogP contribution is 2.23. The number of amides is 1. The largest absolute Gasteiger partial charge is 0.447 e. The number of carbonyl (C=O) groups excluding carboxylic acids is 1. The quantitative estimate of drug-likeness (QED) is 0.790. The average Bonchev–Trinajstić information content (AvgIpc) is 2.70. The maximum absolute atomic E-state index is 11.7. The molecular formula is C12H22N2O3. The average molecular weight is 242 g/mol. The Hall–Kier alpha value is -0.810. The van der Waals surface area contributed by atoms with Crippen molar-refractivity contribution in [3.8, 4) is 0 Å². The van der Waals surface area contributed by atoms with Gasteiger partial charge in [0.25, 0.3) is 0 Å². The summed E-state index contributed by atoms with van der Waals surface area (Å²) in [7, 11) is 0. The molecule has 1 N–H and O–H groups in total. The van der Waals surface area contributed by atoms with Crippen molar-refractivity contribution < 1.29 is 14.6 Å². The summed E-state index contributed by atoms with van der Waals surface area (Å²) in [6.07, 6.45) is 1.85. The topological polar surface area (TPSA) is 53.0 Å². The zero-order valence-corrected chi connectivity index (χ0v) is 10.6. The van der Waals surface area contributed by atoms with Crippen molar-refractivity contribution in [1.82, 2.24) is 9.80 Å². The van der Waals surface area contributed by atoms with Crippen molar-refractivity contribution in [2.45, 2.75) is 44.8 Å². The maximum Gasteiger partial charge on any atom is 0.410 e. The first-order valence-corrected chi connectivity index (χ1v) is 6.43. The van der Waals surface area contributed by atoms with Gasteiger partial charge in [0.05, 0.1) is 12.6 Å². The molecule has 2 aliphatic rings. The lowest BCUT2D eigenvalue weighted by atomic mass is 10.0. The van der Waals surface area contributed by atoms with Crippen molar-refractivity contribution >= 4 is 6.09 Å². The molecule has 2 rings (SSSR count). The number of rotatable bonds is 3. The molecule has 0 bridgehead atoms. The van der Waals surface area contributed by atoms with E-state index in [9.17, 15) is 9.90 Å². The smallest absolute Gasteiger partial charge is 0.410 e. The van der Waals surface area contributed by atoms with Crippen LogP contribution in [0.4, 0.5) is 4.79 Å². The van der Waals surface area contributed by atoms with E-state index in [1.54, 1.807) is 4.90 Å². The van der Waals surface area contributed by atoms with Crippen LogP contribution in [0.3, 0.4) is 0 Å². The molecule has 98 valence electrons. The molecule has 2 fully saturated rings. The van der Waals surface area contributed by atoms with Gasteiger partial charge in [0, 0.05) is 18.6 Å². The summed E-state index contributed by atoms with van der Waals surface area (Å²) in [4.78, 5) is 15.8. The van der Waals surface area contributed by atoms with E-state index in [1.807, 2.05) is 0 Å². The molecule has 5 heteroatoms. The van der Waals surface area contributed by atoms with Gasteiger partial charge in [-0.15, -0.1) is 0 Å². The number of hydrogen-bond donors (Lipinski definition) is 1. The van der Waals surface area contributed by atoms with Crippen molar-refractivity contribution in [2.24, 2.45) is 0 Å². The van der Waals surface area contributed by atoms with Crippen molar-refractivity contribution in [3.63, 3.8) is 0 Å². The highest BCUT2D eigenvalue weighted by atomic mass is 16.6. The van der Waals surface area contributed by atoms with Gasteiger partial charge >= 0.3 is 6.09 Å². The van der Waals surface area contributed by atoms with Crippen molar-refractivity contribution in [3.05, 3.63) is 0 Å². The molecule has 2 heterocycles. The summed E-state index contributed by atoms with van der Waals surface area (Å²) in [6, 6.07) is 0.543. The molecule has 0 aromatic rings. The van der Waals surface area contributed by atoms with Crippen LogP contribution in [0, 0.1) is 0 Å². The van der Waals surface area contributed by atoms with E-state index in [0.717, 1.165) is 25.9 Å². The standard InChI is InChI=1S/C12H22N2O3/c1-9(2)13-5-3-4-10(6-13)14-11(7-15)8-17-12(14)16/h9-11,15H,3-8H2,1-2H3. The van der Waals surface area contributed by atoms with Gasteiger partial charge in [0.15, 0.2) is 0 Å². The Morgan fingerprint density at radius 3 is 2.94 bits per heavy atom. The van der Waals surface area contributed by atoms with E-state index in [-0.39, 0.29) is 24.8 Å². The fourth-order valence-electron chi connectivity index (χ4n) is 2.74. The number of nitrogens with zero attached hydrogens (tertiary/aromatic N) is 2. The van der Waals surface area contributed by atoms with Crippen LogP contribution in [0.2, 0.25) is 0 Å². The molecule has 0 aromatic heterocycles. The first kappa shape index (κ1) is 12.6. The maximum atomic E-state index is 11.7. The minimum Gasteiger partial charge on any atom is -0.447 e. The fourth-order valence-corrected chi connectivity index (χ4v) is 2.74. The number of ether oxygens (including phenoxy) is 1. The first-order valence-electron chi connectivity index (χ1n) is 6.43. The van der Waals surface area contributed by atoms with E-state index < -0.39 is 0 Å². The number of aliphatic hydroxyl groups excluding tert-OH is 1. The van der Waals surface area contributed by atoms with Crippen LogP contribution in [0.25, 0.3) is 0 Å². The minimum atomic E-state index is -0.264. The Bertz CT molecular complexity index is 283. The summed E-state index contributed by atoms with van der Waals surface area (Å²) in [5, 5.41) is 9.27. The Morgan fingerprint density at radius 1 is 1.53 bits per heavy atom. The lowest BCUT2D eigenvalue weighted by Gasteiger charge is -2.40. The molecule has 0 saturated carbocycles. The molecule has 17 heavy (non-hydrogen) atoms. The third-order valence-corrected chi connectivity index (χ3v) is 3.77. The van der Waals surface area contributed by atoms with Crippen LogP contribution in [-0.4, -0.2) is 65.4 Å².